The normalized spacial score (nSPS) is 14.4. The molecule has 0 unspecified atom stereocenters. The number of aliphatic hydroxyl groups excluding tert-OH is 1. The molecule has 0 aliphatic carbocycles. The van der Waals surface area contributed by atoms with Gasteiger partial charge in [-0.2, -0.15) is 4.68 Å². The monoisotopic (exact) mass is 315 g/mol. The number of aromatic amines is 1. The highest BCUT2D eigenvalue weighted by Gasteiger charge is 2.26. The molecule has 4 rings (SSSR count). The Bertz CT molecular complexity index is 846. The van der Waals surface area contributed by atoms with Crippen LogP contribution in [0.1, 0.15) is 7.43 Å². The SMILES string of the molecule is C.O=c1c(-n2ccnc2)c[nH]n1-c1cc(N2CC(O)C2)ncn1. The van der Waals surface area contributed by atoms with Crippen LogP contribution in [0.25, 0.3) is 11.5 Å². The zero-order chi connectivity index (χ0) is 15.1. The standard InChI is InChI=1S/C13H13N7O2.CH4/c21-9-5-19(6-9)11-3-12(16-7-15-11)20-13(22)10(4-17-20)18-2-1-14-8-18;/h1-4,7-9,17,21H,5-6H2;1H4. The molecule has 1 aliphatic heterocycles. The van der Waals surface area contributed by atoms with E-state index in [4.69, 9.17) is 0 Å². The van der Waals surface area contributed by atoms with Gasteiger partial charge in [-0.1, -0.05) is 7.43 Å². The maximum atomic E-state index is 12.5. The lowest BCUT2D eigenvalue weighted by Crippen LogP contribution is -2.51. The third-order valence-electron chi connectivity index (χ3n) is 3.59. The number of nitrogens with zero attached hydrogens (tertiary/aromatic N) is 6. The maximum Gasteiger partial charge on any atom is 0.296 e. The molecule has 0 amide bonds. The molecule has 3 aromatic heterocycles. The molecule has 120 valence electrons. The van der Waals surface area contributed by atoms with Gasteiger partial charge in [0.1, 0.15) is 17.8 Å². The highest BCUT2D eigenvalue weighted by atomic mass is 16.3. The van der Waals surface area contributed by atoms with Crippen molar-refractivity contribution in [2.75, 3.05) is 18.0 Å². The highest BCUT2D eigenvalue weighted by Crippen LogP contribution is 2.19. The van der Waals surface area contributed by atoms with Crippen molar-refractivity contribution in [3.63, 3.8) is 0 Å². The minimum Gasteiger partial charge on any atom is -0.389 e. The molecular formula is C14H17N7O2. The van der Waals surface area contributed by atoms with E-state index in [9.17, 15) is 9.90 Å². The first-order valence-electron chi connectivity index (χ1n) is 6.76. The van der Waals surface area contributed by atoms with E-state index in [1.54, 1.807) is 35.6 Å². The van der Waals surface area contributed by atoms with Crippen LogP contribution in [0, 0.1) is 0 Å². The van der Waals surface area contributed by atoms with Gasteiger partial charge in [0, 0.05) is 37.7 Å². The van der Waals surface area contributed by atoms with Crippen LogP contribution in [0.4, 0.5) is 5.82 Å². The summed E-state index contributed by atoms with van der Waals surface area (Å²) in [4.78, 5) is 26.6. The van der Waals surface area contributed by atoms with Gasteiger partial charge in [0.25, 0.3) is 5.56 Å². The number of nitrogens with one attached hydrogen (secondary N) is 1. The molecule has 4 heterocycles. The number of rotatable bonds is 3. The number of hydrogen-bond donors (Lipinski definition) is 2. The highest BCUT2D eigenvalue weighted by molar-refractivity contribution is 5.46. The smallest absolute Gasteiger partial charge is 0.296 e. The van der Waals surface area contributed by atoms with Crippen molar-refractivity contribution in [1.29, 1.82) is 0 Å². The summed E-state index contributed by atoms with van der Waals surface area (Å²) < 4.78 is 2.97. The lowest BCUT2D eigenvalue weighted by atomic mass is 10.2. The summed E-state index contributed by atoms with van der Waals surface area (Å²) in [5.74, 6) is 1.13. The van der Waals surface area contributed by atoms with Gasteiger partial charge in [-0.15, -0.1) is 0 Å². The van der Waals surface area contributed by atoms with Crippen molar-refractivity contribution >= 4 is 5.82 Å². The predicted molar refractivity (Wildman–Crippen MR) is 84.1 cm³/mol. The number of β-amino-alcohol motifs (C(OH)–C–C–N with tert-alkyl or cyclic N) is 1. The molecule has 1 saturated heterocycles. The number of imidazole rings is 1. The average Bonchev–Trinajstić information content (AvgIpc) is 3.13. The van der Waals surface area contributed by atoms with Gasteiger partial charge in [0.15, 0.2) is 5.82 Å². The molecule has 1 fully saturated rings. The predicted octanol–water partition coefficient (Wildman–Crippen LogP) is -0.0417. The quantitative estimate of drug-likeness (QED) is 0.702. The molecule has 2 N–H and O–H groups in total. The van der Waals surface area contributed by atoms with Gasteiger partial charge in [0.05, 0.1) is 12.4 Å². The summed E-state index contributed by atoms with van der Waals surface area (Å²) in [6, 6.07) is 1.71. The van der Waals surface area contributed by atoms with E-state index in [1.165, 1.54) is 11.0 Å². The van der Waals surface area contributed by atoms with Crippen LogP contribution >= 0.6 is 0 Å². The molecule has 0 bridgehead atoms. The van der Waals surface area contributed by atoms with E-state index in [0.29, 0.717) is 30.4 Å². The zero-order valence-electron chi connectivity index (χ0n) is 11.5. The van der Waals surface area contributed by atoms with E-state index >= 15 is 0 Å². The lowest BCUT2D eigenvalue weighted by Gasteiger charge is -2.36. The second-order valence-electron chi connectivity index (χ2n) is 5.06. The Balaban J connectivity index is 0.00000156. The average molecular weight is 315 g/mol. The molecule has 9 heteroatoms. The van der Waals surface area contributed by atoms with Crippen molar-refractivity contribution in [3.05, 3.63) is 47.7 Å². The van der Waals surface area contributed by atoms with Gasteiger partial charge in [-0.05, 0) is 0 Å². The molecular weight excluding hydrogens is 298 g/mol. The molecule has 0 spiro atoms. The Morgan fingerprint density at radius 1 is 1.26 bits per heavy atom. The first kappa shape index (κ1) is 15.0. The lowest BCUT2D eigenvalue weighted by molar-refractivity contribution is 0.141. The van der Waals surface area contributed by atoms with Crippen molar-refractivity contribution in [2.24, 2.45) is 0 Å². The Labute approximate surface area is 131 Å². The molecule has 0 radical (unpaired) electrons. The molecule has 0 atom stereocenters. The summed E-state index contributed by atoms with van der Waals surface area (Å²) >= 11 is 0. The Morgan fingerprint density at radius 3 is 2.74 bits per heavy atom. The first-order chi connectivity index (χ1) is 10.7. The summed E-state index contributed by atoms with van der Waals surface area (Å²) in [5, 5.41) is 12.3. The van der Waals surface area contributed by atoms with Crippen LogP contribution in [-0.2, 0) is 0 Å². The minimum atomic E-state index is -0.320. The summed E-state index contributed by atoms with van der Waals surface area (Å²) in [5.41, 5.74) is 0.225. The minimum absolute atomic E-state index is 0. The largest absolute Gasteiger partial charge is 0.389 e. The van der Waals surface area contributed by atoms with Crippen LogP contribution < -0.4 is 10.5 Å². The van der Waals surface area contributed by atoms with Gasteiger partial charge >= 0.3 is 0 Å². The van der Waals surface area contributed by atoms with E-state index in [1.807, 2.05) is 4.90 Å². The van der Waals surface area contributed by atoms with Crippen LogP contribution in [0.15, 0.2) is 42.1 Å². The zero-order valence-corrected chi connectivity index (χ0v) is 11.5. The third kappa shape index (κ3) is 2.50. The topological polar surface area (TPSA) is 105 Å². The number of anilines is 1. The van der Waals surface area contributed by atoms with Gasteiger partial charge in [-0.3, -0.25) is 14.5 Å². The maximum absolute atomic E-state index is 12.5. The van der Waals surface area contributed by atoms with E-state index in [-0.39, 0.29) is 19.1 Å². The van der Waals surface area contributed by atoms with Crippen LogP contribution in [0.3, 0.4) is 0 Å². The fourth-order valence-corrected chi connectivity index (χ4v) is 2.39. The second kappa shape index (κ2) is 5.69. The molecule has 3 aromatic rings. The van der Waals surface area contributed by atoms with Gasteiger partial charge in [-0.25, -0.2) is 15.0 Å². The Hall–Kier alpha value is -2.94. The summed E-state index contributed by atoms with van der Waals surface area (Å²) in [7, 11) is 0. The Morgan fingerprint density at radius 2 is 2.04 bits per heavy atom. The van der Waals surface area contributed by atoms with E-state index < -0.39 is 0 Å². The van der Waals surface area contributed by atoms with Crippen LogP contribution in [0.5, 0.6) is 0 Å². The third-order valence-corrected chi connectivity index (χ3v) is 3.59. The first-order valence-corrected chi connectivity index (χ1v) is 6.76. The van der Waals surface area contributed by atoms with Gasteiger partial charge < -0.3 is 10.0 Å². The van der Waals surface area contributed by atoms with Crippen LogP contribution in [0.2, 0.25) is 0 Å². The van der Waals surface area contributed by atoms with E-state index in [2.05, 4.69) is 20.1 Å². The van der Waals surface area contributed by atoms with Crippen molar-refractivity contribution in [3.8, 4) is 11.5 Å². The molecule has 0 aromatic carbocycles. The van der Waals surface area contributed by atoms with Crippen molar-refractivity contribution in [2.45, 2.75) is 13.5 Å². The summed E-state index contributed by atoms with van der Waals surface area (Å²) in [6.45, 7) is 1.08. The molecule has 0 saturated carbocycles. The second-order valence-corrected chi connectivity index (χ2v) is 5.06. The molecule has 23 heavy (non-hydrogen) atoms. The summed E-state index contributed by atoms with van der Waals surface area (Å²) in [6.07, 6.45) is 7.54. The number of aliphatic hydroxyl groups is 1. The molecule has 1 aliphatic rings. The van der Waals surface area contributed by atoms with Crippen LogP contribution in [-0.4, -0.2) is 53.6 Å². The Kier molecular flexibility index (Phi) is 3.70. The number of aromatic nitrogens is 6. The fourth-order valence-electron chi connectivity index (χ4n) is 2.39. The van der Waals surface area contributed by atoms with E-state index in [0.717, 1.165) is 0 Å². The van der Waals surface area contributed by atoms with Crippen molar-refractivity contribution in [1.82, 2.24) is 29.3 Å². The number of H-pyrrole nitrogens is 1. The number of hydrogen-bond acceptors (Lipinski definition) is 6. The van der Waals surface area contributed by atoms with Crippen molar-refractivity contribution < 1.29 is 5.11 Å². The fraction of sp³-hybridized carbons (Fsp3) is 0.286. The molecule has 9 nitrogen and oxygen atoms in total. The van der Waals surface area contributed by atoms with Gasteiger partial charge in [0.2, 0.25) is 0 Å².